The lowest BCUT2D eigenvalue weighted by Gasteiger charge is -2.20. The third-order valence-corrected chi connectivity index (χ3v) is 6.14. The highest BCUT2D eigenvalue weighted by molar-refractivity contribution is 6.33. The van der Waals surface area contributed by atoms with Gasteiger partial charge in [-0.2, -0.15) is 0 Å². The molecule has 2 heterocycles. The Hall–Kier alpha value is -2.27. The van der Waals surface area contributed by atoms with Crippen molar-refractivity contribution in [2.75, 3.05) is 0 Å². The number of fused-ring (bicyclic) bond motifs is 1. The van der Waals surface area contributed by atoms with Crippen LogP contribution in [-0.4, -0.2) is 13.7 Å². The number of halogens is 1. The van der Waals surface area contributed by atoms with Crippen LogP contribution in [0.3, 0.4) is 0 Å². The van der Waals surface area contributed by atoms with Crippen LogP contribution < -0.4 is 11.2 Å². The molecule has 5 nitrogen and oxygen atoms in total. The number of benzene rings is 1. The summed E-state index contributed by atoms with van der Waals surface area (Å²) in [6, 6.07) is 7.94. The summed E-state index contributed by atoms with van der Waals surface area (Å²) in [5.41, 5.74) is 1.77. The summed E-state index contributed by atoms with van der Waals surface area (Å²) in [5, 5.41) is 1.18. The van der Waals surface area contributed by atoms with E-state index in [1.165, 1.54) is 37.3 Å². The van der Waals surface area contributed by atoms with E-state index in [0.717, 1.165) is 24.1 Å². The second-order valence-electron chi connectivity index (χ2n) is 7.48. The van der Waals surface area contributed by atoms with Crippen LogP contribution in [0.25, 0.3) is 22.2 Å². The highest BCUT2D eigenvalue weighted by Gasteiger charge is 2.25. The molecule has 1 saturated carbocycles. The number of rotatable bonds is 2. The normalized spacial score (nSPS) is 16.0. The fourth-order valence-electron chi connectivity index (χ4n) is 4.31. The van der Waals surface area contributed by atoms with Gasteiger partial charge in [-0.15, -0.1) is 0 Å². The molecular formula is C21H24ClN3O2. The molecule has 4 rings (SSSR count). The van der Waals surface area contributed by atoms with E-state index in [0.29, 0.717) is 22.0 Å². The first kappa shape index (κ1) is 18.1. The molecule has 2 aromatic heterocycles. The third kappa shape index (κ3) is 2.94. The van der Waals surface area contributed by atoms with Gasteiger partial charge in [0.1, 0.15) is 0 Å². The Bertz CT molecular complexity index is 1110. The fourth-order valence-corrected chi connectivity index (χ4v) is 4.54. The highest BCUT2D eigenvalue weighted by atomic mass is 35.5. The van der Waals surface area contributed by atoms with Gasteiger partial charge in [-0.05, 0) is 18.9 Å². The molecule has 0 unspecified atom stereocenters. The predicted molar refractivity (Wildman–Crippen MR) is 110 cm³/mol. The summed E-state index contributed by atoms with van der Waals surface area (Å²) in [4.78, 5) is 25.5. The summed E-state index contributed by atoms with van der Waals surface area (Å²) in [5.74, 6) is 0. The van der Waals surface area contributed by atoms with Crippen LogP contribution in [0.15, 0.2) is 40.1 Å². The largest absolute Gasteiger partial charge is 0.342 e. The molecule has 0 saturated heterocycles. The Morgan fingerprint density at radius 1 is 0.963 bits per heavy atom. The molecular weight excluding hydrogens is 362 g/mol. The number of hydrogen-bond acceptors (Lipinski definition) is 2. The van der Waals surface area contributed by atoms with E-state index in [2.05, 4.69) is 4.57 Å². The predicted octanol–water partition coefficient (Wildman–Crippen LogP) is 4.25. The number of aromatic nitrogens is 3. The first-order valence-corrected chi connectivity index (χ1v) is 9.94. The summed E-state index contributed by atoms with van der Waals surface area (Å²) in [6.45, 7) is 0. The van der Waals surface area contributed by atoms with E-state index in [1.807, 2.05) is 30.5 Å². The van der Waals surface area contributed by atoms with Gasteiger partial charge in [0.2, 0.25) is 0 Å². The van der Waals surface area contributed by atoms with E-state index in [9.17, 15) is 9.59 Å². The molecule has 1 fully saturated rings. The molecule has 0 bridgehead atoms. The third-order valence-electron chi connectivity index (χ3n) is 5.81. The van der Waals surface area contributed by atoms with E-state index >= 15 is 0 Å². The lowest BCUT2D eigenvalue weighted by atomic mass is 10.1. The minimum absolute atomic E-state index is 0.268. The molecule has 0 N–H and O–H groups in total. The minimum Gasteiger partial charge on any atom is -0.342 e. The Morgan fingerprint density at radius 3 is 2.30 bits per heavy atom. The molecule has 0 atom stereocenters. The second kappa shape index (κ2) is 7.04. The molecule has 0 radical (unpaired) electrons. The maximum atomic E-state index is 13.1. The Balaban J connectivity index is 2.11. The molecule has 3 aromatic rings. The average molecular weight is 386 g/mol. The molecule has 6 heteroatoms. The summed E-state index contributed by atoms with van der Waals surface area (Å²) in [7, 11) is 3.25. The molecule has 0 aliphatic heterocycles. The van der Waals surface area contributed by atoms with E-state index in [-0.39, 0.29) is 11.2 Å². The van der Waals surface area contributed by atoms with Crippen molar-refractivity contribution in [3.63, 3.8) is 0 Å². The molecule has 27 heavy (non-hydrogen) atoms. The molecule has 142 valence electrons. The van der Waals surface area contributed by atoms with Crippen molar-refractivity contribution in [1.29, 1.82) is 0 Å². The van der Waals surface area contributed by atoms with E-state index < -0.39 is 0 Å². The van der Waals surface area contributed by atoms with Crippen LogP contribution in [0.4, 0.5) is 0 Å². The number of nitrogens with zero attached hydrogens (tertiary/aromatic N) is 3. The quantitative estimate of drug-likeness (QED) is 0.619. The van der Waals surface area contributed by atoms with Crippen molar-refractivity contribution in [1.82, 2.24) is 13.7 Å². The summed E-state index contributed by atoms with van der Waals surface area (Å²) >= 11 is 6.53. The smallest absolute Gasteiger partial charge is 0.330 e. The molecule has 1 aromatic carbocycles. The zero-order chi connectivity index (χ0) is 19.1. The Morgan fingerprint density at radius 2 is 1.63 bits per heavy atom. The van der Waals surface area contributed by atoms with E-state index in [4.69, 9.17) is 11.6 Å². The van der Waals surface area contributed by atoms with Crippen LogP contribution in [0.5, 0.6) is 0 Å². The lowest BCUT2D eigenvalue weighted by molar-refractivity contribution is 0.450. The van der Waals surface area contributed by atoms with Gasteiger partial charge in [-0.3, -0.25) is 13.9 Å². The van der Waals surface area contributed by atoms with Gasteiger partial charge in [0.25, 0.3) is 5.56 Å². The van der Waals surface area contributed by atoms with Crippen LogP contribution in [0, 0.1) is 0 Å². The molecule has 1 aliphatic carbocycles. The lowest BCUT2D eigenvalue weighted by Crippen LogP contribution is -2.36. The Labute approximate surface area is 162 Å². The van der Waals surface area contributed by atoms with Crippen LogP contribution >= 0.6 is 11.6 Å². The number of aryl methyl sites for hydroxylation is 1. The van der Waals surface area contributed by atoms with Crippen molar-refractivity contribution in [2.45, 2.75) is 44.6 Å². The van der Waals surface area contributed by atoms with Gasteiger partial charge in [-0.1, -0.05) is 55.5 Å². The second-order valence-corrected chi connectivity index (χ2v) is 7.88. The standard InChI is InChI=1S/C21H24ClN3O2/c1-23-17-13-25(14-9-5-3-4-6-10-14)19(15-11-7-8-12-16(15)22)18(17)20(26)24(2)21(23)27/h7-8,11-14H,3-6,9-10H2,1-2H3. The van der Waals surface area contributed by atoms with Gasteiger partial charge < -0.3 is 4.57 Å². The van der Waals surface area contributed by atoms with Gasteiger partial charge in [0.15, 0.2) is 0 Å². The van der Waals surface area contributed by atoms with Crippen molar-refractivity contribution < 1.29 is 0 Å². The topological polar surface area (TPSA) is 48.9 Å². The van der Waals surface area contributed by atoms with Crippen molar-refractivity contribution in [3.05, 3.63) is 56.3 Å². The van der Waals surface area contributed by atoms with Gasteiger partial charge in [-0.25, -0.2) is 4.79 Å². The van der Waals surface area contributed by atoms with Crippen LogP contribution in [0.1, 0.15) is 44.6 Å². The zero-order valence-electron chi connectivity index (χ0n) is 15.7. The highest BCUT2D eigenvalue weighted by Crippen LogP contribution is 2.38. The van der Waals surface area contributed by atoms with Crippen LogP contribution in [0.2, 0.25) is 5.02 Å². The summed E-state index contributed by atoms with van der Waals surface area (Å²) in [6.07, 6.45) is 8.99. The SMILES string of the molecule is Cn1c(=O)c2c(-c3ccccc3Cl)n(C3CCCCCC3)cc2n(C)c1=O. The van der Waals surface area contributed by atoms with Gasteiger partial charge in [0, 0.05) is 36.9 Å². The zero-order valence-corrected chi connectivity index (χ0v) is 16.5. The van der Waals surface area contributed by atoms with Gasteiger partial charge >= 0.3 is 5.69 Å². The first-order chi connectivity index (χ1) is 13.0. The van der Waals surface area contributed by atoms with Crippen molar-refractivity contribution in [3.8, 4) is 11.3 Å². The molecule has 1 aliphatic rings. The summed E-state index contributed by atoms with van der Waals surface area (Å²) < 4.78 is 4.95. The van der Waals surface area contributed by atoms with Crippen LogP contribution in [-0.2, 0) is 14.1 Å². The van der Waals surface area contributed by atoms with Gasteiger partial charge in [0.05, 0.1) is 16.6 Å². The number of hydrogen-bond donors (Lipinski definition) is 0. The van der Waals surface area contributed by atoms with Crippen molar-refractivity contribution >= 4 is 22.5 Å². The Kier molecular flexibility index (Phi) is 4.72. The first-order valence-electron chi connectivity index (χ1n) is 9.56. The minimum atomic E-state index is -0.309. The molecule has 0 spiro atoms. The van der Waals surface area contributed by atoms with Crippen molar-refractivity contribution in [2.24, 2.45) is 14.1 Å². The maximum absolute atomic E-state index is 13.1. The van der Waals surface area contributed by atoms with E-state index in [1.54, 1.807) is 11.6 Å². The monoisotopic (exact) mass is 385 g/mol. The average Bonchev–Trinajstić information content (AvgIpc) is 2.86. The fraction of sp³-hybridized carbons (Fsp3) is 0.429. The maximum Gasteiger partial charge on any atom is 0.330 e. The molecule has 0 amide bonds.